The molecule has 0 bridgehead atoms. The normalized spacial score (nSPS) is 18.3. The summed E-state index contributed by atoms with van der Waals surface area (Å²) in [6.45, 7) is 8.35. The predicted molar refractivity (Wildman–Crippen MR) is 115 cm³/mol. The maximum absolute atomic E-state index is 12.8. The number of hydrogen-bond donors (Lipinski definition) is 2. The van der Waals surface area contributed by atoms with Crippen LogP contribution in [0.2, 0.25) is 0 Å². The van der Waals surface area contributed by atoms with Crippen LogP contribution >= 0.6 is 0 Å². The average molecular weight is 442 g/mol. The second-order valence-electron chi connectivity index (χ2n) is 7.98. The number of halogens is 2. The number of aliphatic imine (C=N–C) groups is 1. The van der Waals surface area contributed by atoms with Crippen molar-refractivity contribution in [3.05, 3.63) is 17.7 Å². The molecule has 0 spiro atoms. The summed E-state index contributed by atoms with van der Waals surface area (Å²) in [5.41, 5.74) is 0.507. The largest absolute Gasteiger partial charge is 0.454 e. The number of rotatable bonds is 9. The summed E-state index contributed by atoms with van der Waals surface area (Å²) in [7, 11) is 2.15. The van der Waals surface area contributed by atoms with Gasteiger partial charge in [-0.15, -0.1) is 0 Å². The number of alkyl halides is 2. The third-order valence-electron chi connectivity index (χ3n) is 5.31. The van der Waals surface area contributed by atoms with Crippen molar-refractivity contribution in [2.75, 3.05) is 59.7 Å². The number of guanidine groups is 1. The number of piperazine rings is 1. The molecule has 1 atom stereocenters. The highest BCUT2D eigenvalue weighted by molar-refractivity contribution is 5.79. The van der Waals surface area contributed by atoms with Gasteiger partial charge in [0.25, 0.3) is 0 Å². The lowest BCUT2D eigenvalue weighted by atomic mass is 10.1. The molecule has 1 aromatic carbocycles. The summed E-state index contributed by atoms with van der Waals surface area (Å²) in [6.07, 6.45) is 0. The third-order valence-corrected chi connectivity index (χ3v) is 5.31. The van der Waals surface area contributed by atoms with Crippen LogP contribution < -0.4 is 24.8 Å². The van der Waals surface area contributed by atoms with Gasteiger partial charge in [0.15, 0.2) is 17.5 Å². The molecule has 0 radical (unpaired) electrons. The van der Waals surface area contributed by atoms with E-state index >= 15 is 0 Å². The highest BCUT2D eigenvalue weighted by Gasteiger charge is 2.20. The summed E-state index contributed by atoms with van der Waals surface area (Å²) in [5.74, 6) is 2.02. The van der Waals surface area contributed by atoms with E-state index in [0.29, 0.717) is 35.5 Å². The van der Waals surface area contributed by atoms with Crippen molar-refractivity contribution in [1.29, 1.82) is 0 Å². The molecule has 0 saturated carbocycles. The fraction of sp³-hybridized carbons (Fsp3) is 0.667. The van der Waals surface area contributed by atoms with Crippen LogP contribution in [0.25, 0.3) is 0 Å². The maximum Gasteiger partial charge on any atom is 0.387 e. The van der Waals surface area contributed by atoms with Crippen LogP contribution in [0.4, 0.5) is 8.78 Å². The predicted octanol–water partition coefficient (Wildman–Crippen LogP) is 1.96. The molecule has 31 heavy (non-hydrogen) atoms. The summed E-state index contributed by atoms with van der Waals surface area (Å²) in [6, 6.07) is 3.07. The lowest BCUT2D eigenvalue weighted by molar-refractivity contribution is -0.0505. The van der Waals surface area contributed by atoms with Crippen LogP contribution in [-0.2, 0) is 6.54 Å². The van der Waals surface area contributed by atoms with Gasteiger partial charge in [0.1, 0.15) is 5.75 Å². The van der Waals surface area contributed by atoms with Gasteiger partial charge in [-0.25, -0.2) is 4.99 Å². The first-order chi connectivity index (χ1) is 14.9. The molecule has 0 amide bonds. The Morgan fingerprint density at radius 2 is 1.87 bits per heavy atom. The Hall–Kier alpha value is -2.33. The summed E-state index contributed by atoms with van der Waals surface area (Å²) < 4.78 is 41.0. The molecule has 3 rings (SSSR count). The van der Waals surface area contributed by atoms with Crippen molar-refractivity contribution in [2.45, 2.75) is 27.0 Å². The lowest BCUT2D eigenvalue weighted by Gasteiger charge is -2.34. The van der Waals surface area contributed by atoms with E-state index < -0.39 is 6.61 Å². The number of likely N-dealkylation sites (N-methyl/N-ethyl adjacent to an activating group) is 1. The molecule has 2 aliphatic heterocycles. The molecule has 1 saturated heterocycles. The quantitative estimate of drug-likeness (QED) is 0.448. The Morgan fingerprint density at radius 1 is 1.16 bits per heavy atom. The van der Waals surface area contributed by atoms with Crippen molar-refractivity contribution in [1.82, 2.24) is 20.4 Å². The molecule has 2 heterocycles. The van der Waals surface area contributed by atoms with Gasteiger partial charge in [-0.05, 0) is 26.0 Å². The SMILES string of the molecule is CCNC(=NCc1cc2c(cc1OC(F)F)OCO2)NCC(C)CN1CCN(C)CC1. The number of benzene rings is 1. The third kappa shape index (κ3) is 7.10. The monoisotopic (exact) mass is 441 g/mol. The maximum atomic E-state index is 12.8. The number of nitrogens with zero attached hydrogens (tertiary/aromatic N) is 3. The fourth-order valence-corrected chi connectivity index (χ4v) is 3.61. The number of ether oxygens (including phenoxy) is 3. The van der Waals surface area contributed by atoms with Gasteiger partial charge < -0.3 is 34.6 Å². The molecule has 10 heteroatoms. The minimum absolute atomic E-state index is 0.0438. The van der Waals surface area contributed by atoms with E-state index in [9.17, 15) is 8.78 Å². The van der Waals surface area contributed by atoms with Gasteiger partial charge in [0.2, 0.25) is 6.79 Å². The standard InChI is InChI=1S/C21H33F2N5O3/c1-4-24-21(25-11-15(2)13-28-7-5-27(3)6-8-28)26-12-16-9-18-19(30-14-29-18)10-17(16)31-20(22)23/h9-10,15,20H,4-8,11-14H2,1-3H3,(H2,24,25,26). The Morgan fingerprint density at radius 3 is 2.55 bits per heavy atom. The summed E-state index contributed by atoms with van der Waals surface area (Å²) >= 11 is 0. The molecule has 0 aromatic heterocycles. The molecular weight excluding hydrogens is 408 g/mol. The molecule has 8 nitrogen and oxygen atoms in total. The molecule has 2 aliphatic rings. The van der Waals surface area contributed by atoms with E-state index in [4.69, 9.17) is 9.47 Å². The molecule has 2 N–H and O–H groups in total. The van der Waals surface area contributed by atoms with Gasteiger partial charge in [-0.2, -0.15) is 8.78 Å². The van der Waals surface area contributed by atoms with Gasteiger partial charge in [0, 0.05) is 57.4 Å². The first-order valence-electron chi connectivity index (χ1n) is 10.7. The second-order valence-corrected chi connectivity index (χ2v) is 7.98. The van der Waals surface area contributed by atoms with Crippen molar-refractivity contribution in [3.63, 3.8) is 0 Å². The summed E-state index contributed by atoms with van der Waals surface area (Å²) in [5, 5.41) is 6.56. The van der Waals surface area contributed by atoms with Gasteiger partial charge >= 0.3 is 6.61 Å². The Kier molecular flexibility index (Phi) is 8.53. The van der Waals surface area contributed by atoms with E-state index in [0.717, 1.165) is 39.3 Å². The minimum atomic E-state index is -2.93. The van der Waals surface area contributed by atoms with E-state index in [2.05, 4.69) is 44.1 Å². The Bertz CT molecular complexity index is 742. The van der Waals surface area contributed by atoms with Gasteiger partial charge in [-0.1, -0.05) is 6.92 Å². The zero-order valence-corrected chi connectivity index (χ0v) is 18.5. The Labute approximate surface area is 182 Å². The fourth-order valence-electron chi connectivity index (χ4n) is 3.61. The average Bonchev–Trinajstić information content (AvgIpc) is 3.18. The number of nitrogens with one attached hydrogen (secondary N) is 2. The topological polar surface area (TPSA) is 70.6 Å². The van der Waals surface area contributed by atoms with Crippen LogP contribution in [0.1, 0.15) is 19.4 Å². The molecule has 1 unspecified atom stereocenters. The van der Waals surface area contributed by atoms with Crippen molar-refractivity contribution in [3.8, 4) is 17.2 Å². The highest BCUT2D eigenvalue weighted by Crippen LogP contribution is 2.39. The second kappa shape index (κ2) is 11.3. The van der Waals surface area contributed by atoms with Crippen LogP contribution in [0.5, 0.6) is 17.2 Å². The van der Waals surface area contributed by atoms with E-state index in [1.165, 1.54) is 6.07 Å². The minimum Gasteiger partial charge on any atom is -0.454 e. The van der Waals surface area contributed by atoms with E-state index in [-0.39, 0.29) is 19.1 Å². The van der Waals surface area contributed by atoms with Gasteiger partial charge in [-0.3, -0.25) is 0 Å². The van der Waals surface area contributed by atoms with Crippen molar-refractivity contribution < 1.29 is 23.0 Å². The molecule has 0 aliphatic carbocycles. The highest BCUT2D eigenvalue weighted by atomic mass is 19.3. The smallest absolute Gasteiger partial charge is 0.387 e. The molecule has 174 valence electrons. The van der Waals surface area contributed by atoms with E-state index in [1.807, 2.05) is 6.92 Å². The van der Waals surface area contributed by atoms with Crippen LogP contribution in [0.3, 0.4) is 0 Å². The van der Waals surface area contributed by atoms with E-state index in [1.54, 1.807) is 6.07 Å². The molecule has 1 aromatic rings. The lowest BCUT2D eigenvalue weighted by Crippen LogP contribution is -2.47. The number of hydrogen-bond acceptors (Lipinski definition) is 6. The summed E-state index contributed by atoms with van der Waals surface area (Å²) in [4.78, 5) is 9.39. The molecule has 1 fully saturated rings. The number of fused-ring (bicyclic) bond motifs is 1. The Balaban J connectivity index is 1.59. The van der Waals surface area contributed by atoms with Crippen LogP contribution in [-0.4, -0.2) is 82.0 Å². The van der Waals surface area contributed by atoms with Crippen LogP contribution in [0, 0.1) is 5.92 Å². The first kappa shape index (κ1) is 23.3. The zero-order valence-electron chi connectivity index (χ0n) is 18.5. The molecular formula is C21H33F2N5O3. The van der Waals surface area contributed by atoms with Gasteiger partial charge in [0.05, 0.1) is 6.54 Å². The zero-order chi connectivity index (χ0) is 22.2. The van der Waals surface area contributed by atoms with Crippen molar-refractivity contribution in [2.24, 2.45) is 10.9 Å². The van der Waals surface area contributed by atoms with Crippen molar-refractivity contribution >= 4 is 5.96 Å². The van der Waals surface area contributed by atoms with Crippen LogP contribution in [0.15, 0.2) is 17.1 Å². The first-order valence-corrected chi connectivity index (χ1v) is 10.7.